The lowest BCUT2D eigenvalue weighted by atomic mass is 10.3. The highest BCUT2D eigenvalue weighted by Gasteiger charge is 2.15. The van der Waals surface area contributed by atoms with Crippen molar-refractivity contribution in [1.29, 1.82) is 0 Å². The number of sulfonamides is 1. The van der Waals surface area contributed by atoms with Crippen molar-refractivity contribution >= 4 is 27.3 Å². The second kappa shape index (κ2) is 6.27. The van der Waals surface area contributed by atoms with Gasteiger partial charge in [0, 0.05) is 25.4 Å². The molecule has 0 aliphatic carbocycles. The minimum atomic E-state index is -3.74. The van der Waals surface area contributed by atoms with Gasteiger partial charge in [-0.3, -0.25) is 0 Å². The lowest BCUT2D eigenvalue weighted by molar-refractivity contribution is 0.580. The summed E-state index contributed by atoms with van der Waals surface area (Å²) in [7, 11) is -3.74. The molecule has 0 atom stereocenters. The van der Waals surface area contributed by atoms with Crippen LogP contribution in [0.5, 0.6) is 0 Å². The molecule has 5 nitrogen and oxygen atoms in total. The SMILES string of the molecule is O=S(=O)(NCCc1cn2ccccc2n1)c1ccc(F)c(Cl)c1. The Morgan fingerprint density at radius 1 is 1.26 bits per heavy atom. The average molecular weight is 354 g/mol. The maximum atomic E-state index is 13.1. The molecule has 120 valence electrons. The second-order valence-corrected chi connectivity index (χ2v) is 7.10. The summed E-state index contributed by atoms with van der Waals surface area (Å²) < 4.78 is 41.7. The minimum Gasteiger partial charge on any atom is -0.307 e. The molecule has 8 heteroatoms. The summed E-state index contributed by atoms with van der Waals surface area (Å²) in [5.74, 6) is -0.657. The number of nitrogens with zero attached hydrogens (tertiary/aromatic N) is 2. The number of halogens is 2. The molecule has 0 spiro atoms. The Hall–Kier alpha value is -1.96. The maximum absolute atomic E-state index is 13.1. The molecule has 3 aromatic rings. The van der Waals surface area contributed by atoms with E-state index in [0.717, 1.165) is 23.5 Å². The van der Waals surface area contributed by atoms with Crippen LogP contribution in [-0.4, -0.2) is 24.3 Å². The van der Waals surface area contributed by atoms with E-state index in [-0.39, 0.29) is 16.5 Å². The van der Waals surface area contributed by atoms with Gasteiger partial charge in [0.2, 0.25) is 10.0 Å². The number of hydrogen-bond donors (Lipinski definition) is 1. The molecule has 2 aromatic heterocycles. The van der Waals surface area contributed by atoms with Gasteiger partial charge >= 0.3 is 0 Å². The van der Waals surface area contributed by atoms with Gasteiger partial charge in [-0.05, 0) is 30.3 Å². The molecule has 0 unspecified atom stereocenters. The van der Waals surface area contributed by atoms with E-state index >= 15 is 0 Å². The lowest BCUT2D eigenvalue weighted by Crippen LogP contribution is -2.26. The monoisotopic (exact) mass is 353 g/mol. The van der Waals surface area contributed by atoms with Crippen LogP contribution < -0.4 is 4.72 Å². The van der Waals surface area contributed by atoms with Crippen molar-refractivity contribution in [3.8, 4) is 0 Å². The zero-order chi connectivity index (χ0) is 16.4. The van der Waals surface area contributed by atoms with Crippen molar-refractivity contribution in [2.75, 3.05) is 6.54 Å². The summed E-state index contributed by atoms with van der Waals surface area (Å²) >= 11 is 5.61. The Bertz CT molecular complexity index is 923. The molecular formula is C15H13ClFN3O2S. The van der Waals surface area contributed by atoms with E-state index in [1.807, 2.05) is 35.0 Å². The highest BCUT2D eigenvalue weighted by Crippen LogP contribution is 2.19. The van der Waals surface area contributed by atoms with Crippen molar-refractivity contribution < 1.29 is 12.8 Å². The second-order valence-electron chi connectivity index (χ2n) is 4.92. The van der Waals surface area contributed by atoms with Crippen LogP contribution in [0.1, 0.15) is 5.69 Å². The number of nitrogens with one attached hydrogen (secondary N) is 1. The fraction of sp³-hybridized carbons (Fsp3) is 0.133. The predicted octanol–water partition coefficient (Wildman–Crippen LogP) is 2.65. The van der Waals surface area contributed by atoms with Crippen LogP contribution in [0.3, 0.4) is 0 Å². The maximum Gasteiger partial charge on any atom is 0.240 e. The highest BCUT2D eigenvalue weighted by molar-refractivity contribution is 7.89. The van der Waals surface area contributed by atoms with Gasteiger partial charge in [0.1, 0.15) is 11.5 Å². The van der Waals surface area contributed by atoms with Crippen LogP contribution in [0.15, 0.2) is 53.7 Å². The first-order valence-corrected chi connectivity index (χ1v) is 8.69. The van der Waals surface area contributed by atoms with Crippen LogP contribution in [0.4, 0.5) is 4.39 Å². The zero-order valence-corrected chi connectivity index (χ0v) is 13.5. The molecule has 23 heavy (non-hydrogen) atoms. The summed E-state index contributed by atoms with van der Waals surface area (Å²) in [6.45, 7) is 0.182. The number of aromatic nitrogens is 2. The smallest absolute Gasteiger partial charge is 0.240 e. The Labute approximate surface area is 137 Å². The molecule has 1 aromatic carbocycles. The summed E-state index contributed by atoms with van der Waals surface area (Å²) in [6.07, 6.45) is 4.16. The Morgan fingerprint density at radius 3 is 2.83 bits per heavy atom. The number of pyridine rings is 1. The molecule has 0 bridgehead atoms. The van der Waals surface area contributed by atoms with Gasteiger partial charge in [0.05, 0.1) is 15.6 Å². The quantitative estimate of drug-likeness (QED) is 0.767. The third-order valence-electron chi connectivity index (χ3n) is 3.29. The van der Waals surface area contributed by atoms with E-state index in [4.69, 9.17) is 11.6 Å². The Morgan fingerprint density at radius 2 is 2.09 bits per heavy atom. The van der Waals surface area contributed by atoms with Gasteiger partial charge in [-0.1, -0.05) is 17.7 Å². The fourth-order valence-corrected chi connectivity index (χ4v) is 3.45. The number of rotatable bonds is 5. The van der Waals surface area contributed by atoms with Crippen molar-refractivity contribution in [2.24, 2.45) is 0 Å². The third kappa shape index (κ3) is 3.52. The van der Waals surface area contributed by atoms with Crippen molar-refractivity contribution in [2.45, 2.75) is 11.3 Å². The largest absolute Gasteiger partial charge is 0.307 e. The molecule has 3 rings (SSSR count). The molecule has 0 fully saturated rings. The lowest BCUT2D eigenvalue weighted by Gasteiger charge is -2.06. The van der Waals surface area contributed by atoms with Crippen LogP contribution in [0.2, 0.25) is 5.02 Å². The van der Waals surface area contributed by atoms with Gasteiger partial charge in [-0.2, -0.15) is 0 Å². The van der Waals surface area contributed by atoms with Gasteiger partial charge in [-0.25, -0.2) is 22.5 Å². The number of benzene rings is 1. The van der Waals surface area contributed by atoms with Crippen LogP contribution in [-0.2, 0) is 16.4 Å². The Kier molecular flexibility index (Phi) is 4.34. The molecule has 0 radical (unpaired) electrons. The van der Waals surface area contributed by atoms with Crippen LogP contribution >= 0.6 is 11.6 Å². The van der Waals surface area contributed by atoms with E-state index in [9.17, 15) is 12.8 Å². The molecule has 0 aliphatic heterocycles. The summed E-state index contributed by atoms with van der Waals surface area (Å²) in [6, 6.07) is 8.93. The first-order valence-electron chi connectivity index (χ1n) is 6.83. The number of hydrogen-bond acceptors (Lipinski definition) is 3. The first kappa shape index (κ1) is 15.9. The van der Waals surface area contributed by atoms with E-state index in [2.05, 4.69) is 9.71 Å². The zero-order valence-electron chi connectivity index (χ0n) is 11.9. The van der Waals surface area contributed by atoms with Crippen LogP contribution in [0, 0.1) is 5.82 Å². The fourth-order valence-electron chi connectivity index (χ4n) is 2.15. The summed E-state index contributed by atoms with van der Waals surface area (Å²) in [4.78, 5) is 4.32. The molecular weight excluding hydrogens is 341 g/mol. The molecule has 2 heterocycles. The van der Waals surface area contributed by atoms with E-state index < -0.39 is 15.8 Å². The normalized spacial score (nSPS) is 11.9. The first-order chi connectivity index (χ1) is 11.0. The van der Waals surface area contributed by atoms with E-state index in [1.165, 1.54) is 6.07 Å². The molecule has 0 saturated carbocycles. The van der Waals surface area contributed by atoms with Gasteiger partial charge in [-0.15, -0.1) is 0 Å². The molecule has 1 N–H and O–H groups in total. The molecule has 0 aliphatic rings. The van der Waals surface area contributed by atoms with E-state index in [1.54, 1.807) is 0 Å². The van der Waals surface area contributed by atoms with Crippen molar-refractivity contribution in [1.82, 2.24) is 14.1 Å². The minimum absolute atomic E-state index is 0.0705. The number of fused-ring (bicyclic) bond motifs is 1. The predicted molar refractivity (Wildman–Crippen MR) is 85.5 cm³/mol. The third-order valence-corrected chi connectivity index (χ3v) is 5.04. The Balaban J connectivity index is 1.68. The number of imidazole rings is 1. The van der Waals surface area contributed by atoms with Crippen LogP contribution in [0.25, 0.3) is 5.65 Å². The summed E-state index contributed by atoms with van der Waals surface area (Å²) in [5, 5.41) is -0.228. The highest BCUT2D eigenvalue weighted by atomic mass is 35.5. The van der Waals surface area contributed by atoms with Crippen molar-refractivity contribution in [3.63, 3.8) is 0 Å². The molecule has 0 saturated heterocycles. The standard InChI is InChI=1S/C15H13ClFN3O2S/c16-13-9-12(4-5-14(13)17)23(21,22)18-7-6-11-10-20-8-2-1-3-15(20)19-11/h1-5,8-10,18H,6-7H2. The topological polar surface area (TPSA) is 63.5 Å². The van der Waals surface area contributed by atoms with Crippen molar-refractivity contribution in [3.05, 3.63) is 65.3 Å². The van der Waals surface area contributed by atoms with Gasteiger partial charge < -0.3 is 4.40 Å². The van der Waals surface area contributed by atoms with E-state index in [0.29, 0.717) is 6.42 Å². The molecule has 0 amide bonds. The van der Waals surface area contributed by atoms with Gasteiger partial charge in [0.15, 0.2) is 0 Å². The summed E-state index contributed by atoms with van der Waals surface area (Å²) in [5.41, 5.74) is 1.58. The van der Waals surface area contributed by atoms with Gasteiger partial charge in [0.25, 0.3) is 0 Å². The average Bonchev–Trinajstić information content (AvgIpc) is 2.92.